The number of hydrogen-bond acceptors (Lipinski definition) is 9. The molecule has 3 aliphatic heterocycles. The number of hydrogen-bond donors (Lipinski definition) is 6. The summed E-state index contributed by atoms with van der Waals surface area (Å²) in [4.78, 5) is 94.2. The van der Waals surface area contributed by atoms with Crippen molar-refractivity contribution in [1.82, 2.24) is 9.80 Å². The summed E-state index contributed by atoms with van der Waals surface area (Å²) in [5, 5.41) is 11.8. The van der Waals surface area contributed by atoms with E-state index in [4.69, 9.17) is 42.7 Å². The number of primary amides is 5. The van der Waals surface area contributed by atoms with E-state index in [9.17, 15) is 50.3 Å². The van der Waals surface area contributed by atoms with Crippen molar-refractivity contribution in [2.75, 3.05) is 25.0 Å². The van der Waals surface area contributed by atoms with E-state index in [-0.39, 0.29) is 75.6 Å². The summed E-state index contributed by atoms with van der Waals surface area (Å²) in [7, 11) is 0. The fourth-order valence-corrected chi connectivity index (χ4v) is 8.75. The summed E-state index contributed by atoms with van der Waals surface area (Å²) in [6.07, 6.45) is -7.05. The van der Waals surface area contributed by atoms with E-state index >= 15 is 0 Å². The van der Waals surface area contributed by atoms with Crippen LogP contribution in [-0.2, 0) is 38.4 Å². The number of carbonyl (C=O) groups is 8. The minimum Gasteiger partial charge on any atom is -0.372 e. The molecule has 8 amide bonds. The molecule has 4 fully saturated rings. The molecule has 0 radical (unpaired) electrons. The SMILES string of the molecule is CC(C)(C)CC(=O)N1C[C@@H]2[C@H](C1)C2(C)[N+]#CCC(C)(C)C(N)=O.CC(C)(C)CC(=O)N1C[C@H]2[C@@H]([C@H]1C(N)=O)C2(C)C.N#CCCC1C(=O)Nc2c(Cl)cccc21.NC(=O)C(F)(F)F.NC(=O)C(F)(F)F.NC=O. The minimum absolute atomic E-state index is 0.0272. The highest BCUT2D eigenvalue weighted by atomic mass is 35.5. The van der Waals surface area contributed by atoms with Gasteiger partial charge in [-0.25, -0.2) is 0 Å². The van der Waals surface area contributed by atoms with Gasteiger partial charge in [-0.15, -0.1) is 0 Å². The number of anilines is 1. The topological polar surface area (TPSA) is 313 Å². The van der Waals surface area contributed by atoms with Gasteiger partial charge in [0.05, 0.1) is 46.4 Å². The zero-order valence-corrected chi connectivity index (χ0v) is 43.8. The standard InChI is InChI=1S/C18H29N3O2.C14H24N2O2.C11H9ClN2O.2C2H2F3NO.CH3NO/c1-16(2,3)9-14(22)21-10-12-13(11-21)18(12,6)20-8-7-17(4,5)15(19)23;1-13(2,3)6-9(17)16-7-8-10(14(8,4)5)11(16)12(15)18;12-9-5-1-3-7-8(4-2-6-13)11(15)14-10(7)9;2*3-2(4,5)1(6)7;2-1-3/h12-13H,7,9-11H2,1-6H3,(H-,19,23);8,10-11H,6-7H2,1-5H3,(H2,15,18);1,3,5,8H,2,4H2,(H,14,15);2*(H2,6,7);1H,(H2,2,3)/p+1/t12-,13+,18?;8-,10-,11-;;;;/m.0..../s1. The Bertz CT molecular complexity index is 2290. The fraction of sp³-hybridized carbons (Fsp3) is 0.667. The van der Waals surface area contributed by atoms with Crippen LogP contribution in [0.5, 0.6) is 0 Å². The lowest BCUT2D eigenvalue weighted by molar-refractivity contribution is -0.169. The van der Waals surface area contributed by atoms with Gasteiger partial charge < -0.3 is 43.8 Å². The lowest BCUT2D eigenvalue weighted by Gasteiger charge is -2.31. The van der Waals surface area contributed by atoms with Crippen LogP contribution in [0.15, 0.2) is 18.2 Å². The number of carbonyl (C=O) groups excluding carboxylic acids is 8. The van der Waals surface area contributed by atoms with Crippen molar-refractivity contribution in [3.8, 4) is 12.1 Å². The molecule has 3 heterocycles. The number of nitriles is 1. The number of nitrogens with two attached hydrogens (primary N) is 5. The molecule has 1 aromatic carbocycles. The number of benzene rings is 1. The Balaban J connectivity index is 0.000000479. The Labute approximate surface area is 426 Å². The smallest absolute Gasteiger partial charge is 0.372 e. The van der Waals surface area contributed by atoms with Crippen LogP contribution in [0.25, 0.3) is 4.85 Å². The third-order valence-electron chi connectivity index (χ3n) is 12.8. The highest BCUT2D eigenvalue weighted by Gasteiger charge is 2.76. The average Bonchev–Trinajstić information content (AvgIpc) is 3.63. The summed E-state index contributed by atoms with van der Waals surface area (Å²) in [5.74, 6) is -3.62. The van der Waals surface area contributed by atoms with Gasteiger partial charge in [0.15, 0.2) is 0 Å². The maximum absolute atomic E-state index is 12.3. The van der Waals surface area contributed by atoms with Gasteiger partial charge in [0, 0.05) is 45.8 Å². The fourth-order valence-electron chi connectivity index (χ4n) is 8.52. The van der Waals surface area contributed by atoms with Crippen molar-refractivity contribution in [1.29, 1.82) is 5.26 Å². The molecule has 18 nitrogen and oxygen atoms in total. The molecule has 2 saturated heterocycles. The van der Waals surface area contributed by atoms with Crippen LogP contribution in [-0.4, -0.2) is 101 Å². The summed E-state index contributed by atoms with van der Waals surface area (Å²) >= 11 is 5.95. The van der Waals surface area contributed by atoms with Crippen LogP contribution in [0.4, 0.5) is 32.0 Å². The first-order chi connectivity index (χ1) is 33.0. The molecule has 7 atom stereocenters. The molecular weight excluding hydrogens is 994 g/mol. The van der Waals surface area contributed by atoms with Gasteiger partial charge in [-0.3, -0.25) is 38.4 Å². The third-order valence-corrected chi connectivity index (χ3v) is 13.2. The van der Waals surface area contributed by atoms with Crippen molar-refractivity contribution in [3.63, 3.8) is 0 Å². The van der Waals surface area contributed by atoms with Crippen LogP contribution < -0.4 is 34.0 Å². The van der Waals surface area contributed by atoms with Crippen molar-refractivity contribution in [2.45, 2.75) is 138 Å². The number of likely N-dealkylation sites (tertiary alicyclic amines) is 2. The van der Waals surface area contributed by atoms with Crippen LogP contribution >= 0.6 is 11.6 Å². The molecule has 2 aliphatic carbocycles. The van der Waals surface area contributed by atoms with E-state index < -0.39 is 29.6 Å². The summed E-state index contributed by atoms with van der Waals surface area (Å²) in [5.41, 5.74) is 23.7. The van der Waals surface area contributed by atoms with E-state index in [1.807, 2.05) is 43.9 Å². The van der Waals surface area contributed by atoms with E-state index in [2.05, 4.69) is 75.0 Å². The lowest BCUT2D eigenvalue weighted by Crippen LogP contribution is -2.48. The van der Waals surface area contributed by atoms with E-state index in [0.717, 1.165) is 18.7 Å². The van der Waals surface area contributed by atoms with Gasteiger partial charge in [-0.1, -0.05) is 84.0 Å². The summed E-state index contributed by atoms with van der Waals surface area (Å²) in [6.45, 7) is 24.7. The molecule has 5 aliphatic rings. The first-order valence-electron chi connectivity index (χ1n) is 22.9. The second kappa shape index (κ2) is 24.7. The predicted octanol–water partition coefficient (Wildman–Crippen LogP) is 5.74. The zero-order chi connectivity index (χ0) is 57.2. The number of amides is 8. The Morgan fingerprint density at radius 3 is 1.66 bits per heavy atom. The van der Waals surface area contributed by atoms with Gasteiger partial charge >= 0.3 is 24.2 Å². The number of halogens is 7. The summed E-state index contributed by atoms with van der Waals surface area (Å²) < 4.78 is 64.2. The number of nitrogens with one attached hydrogen (secondary N) is 1. The molecule has 11 N–H and O–H groups in total. The highest BCUT2D eigenvalue weighted by molar-refractivity contribution is 6.34. The van der Waals surface area contributed by atoms with Crippen LogP contribution in [0, 0.1) is 62.7 Å². The molecule has 25 heteroatoms. The highest BCUT2D eigenvalue weighted by Crippen LogP contribution is 2.65. The normalized spacial score (nSPS) is 23.5. The average molecular weight is 1060 g/mol. The maximum atomic E-state index is 12.3. The number of piperidine rings is 2. The molecule has 0 spiro atoms. The van der Waals surface area contributed by atoms with E-state index in [0.29, 0.717) is 67.1 Å². The number of para-hydroxylation sites is 1. The molecule has 2 unspecified atom stereocenters. The number of alkyl halides is 6. The van der Waals surface area contributed by atoms with Gasteiger partial charge in [-0.2, -0.15) is 31.6 Å². The third kappa shape index (κ3) is 18.7. The Morgan fingerprint density at radius 2 is 1.26 bits per heavy atom. The van der Waals surface area contributed by atoms with Gasteiger partial charge in [0.25, 0.3) is 11.6 Å². The molecule has 1 aromatic rings. The number of nitrogens with zero attached hydrogens (tertiary/aromatic N) is 4. The van der Waals surface area contributed by atoms with Gasteiger partial charge in [0.1, 0.15) is 6.04 Å². The van der Waals surface area contributed by atoms with Crippen LogP contribution in [0.3, 0.4) is 0 Å². The number of rotatable bonds is 7. The molecular formula is C48H70ClF6N10O8+. The van der Waals surface area contributed by atoms with Crippen LogP contribution in [0.2, 0.25) is 5.02 Å². The Kier molecular flexibility index (Phi) is 21.9. The maximum Gasteiger partial charge on any atom is 0.470 e. The molecule has 408 valence electrons. The van der Waals surface area contributed by atoms with E-state index in [1.165, 1.54) is 0 Å². The minimum atomic E-state index is -4.86. The largest absolute Gasteiger partial charge is 0.470 e. The monoisotopic (exact) mass is 1060 g/mol. The predicted molar refractivity (Wildman–Crippen MR) is 259 cm³/mol. The second-order valence-electron chi connectivity index (χ2n) is 22.1. The quantitative estimate of drug-likeness (QED) is 0.143. The molecule has 2 saturated carbocycles. The molecule has 0 bridgehead atoms. The lowest BCUT2D eigenvalue weighted by atomic mass is 9.89. The van der Waals surface area contributed by atoms with Crippen molar-refractivity contribution in [2.24, 2.45) is 74.0 Å². The second-order valence-corrected chi connectivity index (χ2v) is 22.5. The van der Waals surface area contributed by atoms with Crippen LogP contribution in [0.1, 0.15) is 120 Å². The summed E-state index contributed by atoms with van der Waals surface area (Å²) in [6, 6.07) is 10.1. The van der Waals surface area contributed by atoms with Crippen molar-refractivity contribution >= 4 is 65.0 Å². The molecule has 0 aromatic heterocycles. The van der Waals surface area contributed by atoms with Gasteiger partial charge in [-0.05, 0) is 60.0 Å². The Morgan fingerprint density at radius 1 is 0.808 bits per heavy atom. The van der Waals surface area contributed by atoms with Crippen molar-refractivity contribution in [3.05, 3.63) is 33.6 Å². The number of fused-ring (bicyclic) bond motifs is 3. The van der Waals surface area contributed by atoms with E-state index in [1.54, 1.807) is 24.8 Å². The first-order valence-corrected chi connectivity index (χ1v) is 23.3. The zero-order valence-electron chi connectivity index (χ0n) is 43.0. The molecule has 6 rings (SSSR count). The Hall–Kier alpha value is -6.17. The van der Waals surface area contributed by atoms with Gasteiger partial charge in [0.2, 0.25) is 35.9 Å². The first kappa shape index (κ1) is 64.8. The van der Waals surface area contributed by atoms with Crippen molar-refractivity contribution < 1.29 is 64.7 Å². The molecule has 73 heavy (non-hydrogen) atoms.